The highest BCUT2D eigenvalue weighted by molar-refractivity contribution is 4.89. The van der Waals surface area contributed by atoms with E-state index in [9.17, 15) is 0 Å². The minimum atomic E-state index is 0.402. The van der Waals surface area contributed by atoms with E-state index in [1.54, 1.807) is 0 Å². The summed E-state index contributed by atoms with van der Waals surface area (Å²) in [5.74, 6) is 3.27. The molecule has 2 rings (SSSR count). The molecule has 2 aliphatic carbocycles. The summed E-state index contributed by atoms with van der Waals surface area (Å²) < 4.78 is 0. The first kappa shape index (κ1) is 21.2. The summed E-state index contributed by atoms with van der Waals surface area (Å²) >= 11 is 0. The second kappa shape index (κ2) is 8.30. The molecule has 2 nitrogen and oxygen atoms in total. The quantitative estimate of drug-likeness (QED) is 0.679. The van der Waals surface area contributed by atoms with Crippen molar-refractivity contribution in [1.29, 1.82) is 0 Å². The van der Waals surface area contributed by atoms with Gasteiger partial charge in [0.15, 0.2) is 0 Å². The third-order valence-corrected chi connectivity index (χ3v) is 6.72. The van der Waals surface area contributed by atoms with Gasteiger partial charge >= 0.3 is 0 Å². The highest BCUT2D eigenvalue weighted by Gasteiger charge is 2.35. The Labute approximate surface area is 157 Å². The SMILES string of the molecule is CC(C)(C)CC1CC(CC2CCC(N)C(CC(C)(C)C)C2)CCC1N. The van der Waals surface area contributed by atoms with Crippen LogP contribution in [-0.4, -0.2) is 12.1 Å². The molecule has 6 atom stereocenters. The topological polar surface area (TPSA) is 52.0 Å². The summed E-state index contributed by atoms with van der Waals surface area (Å²) in [4.78, 5) is 0. The van der Waals surface area contributed by atoms with E-state index in [0.717, 1.165) is 23.7 Å². The fraction of sp³-hybridized carbons (Fsp3) is 1.00. The van der Waals surface area contributed by atoms with Crippen LogP contribution in [0.1, 0.15) is 99.3 Å². The molecule has 0 aliphatic heterocycles. The van der Waals surface area contributed by atoms with E-state index in [4.69, 9.17) is 11.5 Å². The average Bonchev–Trinajstić information content (AvgIpc) is 2.43. The van der Waals surface area contributed by atoms with E-state index >= 15 is 0 Å². The predicted molar refractivity (Wildman–Crippen MR) is 110 cm³/mol. The normalized spacial score (nSPS) is 37.9. The fourth-order valence-corrected chi connectivity index (χ4v) is 5.71. The van der Waals surface area contributed by atoms with Gasteiger partial charge in [-0.25, -0.2) is 0 Å². The second-order valence-corrected chi connectivity index (χ2v) is 12.0. The highest BCUT2D eigenvalue weighted by atomic mass is 14.7. The van der Waals surface area contributed by atoms with Crippen molar-refractivity contribution in [2.45, 2.75) is 111 Å². The van der Waals surface area contributed by atoms with E-state index < -0.39 is 0 Å². The van der Waals surface area contributed by atoms with Crippen molar-refractivity contribution >= 4 is 0 Å². The van der Waals surface area contributed by atoms with Gasteiger partial charge in [0.05, 0.1) is 0 Å². The van der Waals surface area contributed by atoms with Crippen LogP contribution in [0.2, 0.25) is 0 Å². The van der Waals surface area contributed by atoms with Gasteiger partial charge in [0.25, 0.3) is 0 Å². The molecule has 0 aromatic rings. The molecule has 0 spiro atoms. The zero-order valence-corrected chi connectivity index (χ0v) is 18.0. The number of rotatable bonds is 4. The third-order valence-electron chi connectivity index (χ3n) is 6.72. The molecule has 148 valence electrons. The van der Waals surface area contributed by atoms with Gasteiger partial charge in [-0.2, -0.15) is 0 Å². The van der Waals surface area contributed by atoms with E-state index in [1.165, 1.54) is 57.8 Å². The Bertz CT molecular complexity index is 365. The van der Waals surface area contributed by atoms with Crippen molar-refractivity contribution in [3.05, 3.63) is 0 Å². The van der Waals surface area contributed by atoms with E-state index in [0.29, 0.717) is 22.9 Å². The predicted octanol–water partition coefficient (Wildman–Crippen LogP) is 5.74. The first-order valence-electron chi connectivity index (χ1n) is 10.9. The molecule has 2 aliphatic rings. The Morgan fingerprint density at radius 1 is 0.640 bits per heavy atom. The second-order valence-electron chi connectivity index (χ2n) is 12.0. The van der Waals surface area contributed by atoms with Crippen molar-refractivity contribution in [3.63, 3.8) is 0 Å². The zero-order chi connectivity index (χ0) is 18.8. The molecular formula is C23H46N2. The first-order chi connectivity index (χ1) is 11.4. The van der Waals surface area contributed by atoms with Crippen LogP contribution in [-0.2, 0) is 0 Å². The molecule has 2 fully saturated rings. The maximum Gasteiger partial charge on any atom is 0.00675 e. The van der Waals surface area contributed by atoms with E-state index in [1.807, 2.05) is 0 Å². The van der Waals surface area contributed by atoms with Crippen molar-refractivity contribution in [3.8, 4) is 0 Å². The van der Waals surface area contributed by atoms with Gasteiger partial charge in [0, 0.05) is 12.1 Å². The summed E-state index contributed by atoms with van der Waals surface area (Å²) in [6, 6.07) is 0.868. The number of nitrogens with two attached hydrogens (primary N) is 2. The summed E-state index contributed by atoms with van der Waals surface area (Å²) in [5.41, 5.74) is 13.8. The summed E-state index contributed by atoms with van der Waals surface area (Å²) in [7, 11) is 0. The van der Waals surface area contributed by atoms with Gasteiger partial charge in [-0.3, -0.25) is 0 Å². The van der Waals surface area contributed by atoms with Crippen molar-refractivity contribution in [1.82, 2.24) is 0 Å². The van der Waals surface area contributed by atoms with Gasteiger partial charge in [0.1, 0.15) is 0 Å². The Hall–Kier alpha value is -0.0800. The van der Waals surface area contributed by atoms with Gasteiger partial charge < -0.3 is 11.5 Å². The average molecular weight is 351 g/mol. The lowest BCUT2D eigenvalue weighted by molar-refractivity contribution is 0.121. The number of hydrogen-bond acceptors (Lipinski definition) is 2. The van der Waals surface area contributed by atoms with Crippen LogP contribution in [0.3, 0.4) is 0 Å². The van der Waals surface area contributed by atoms with Gasteiger partial charge in [0.2, 0.25) is 0 Å². The summed E-state index contributed by atoms with van der Waals surface area (Å²) in [5, 5.41) is 0. The van der Waals surface area contributed by atoms with Crippen LogP contribution < -0.4 is 11.5 Å². The van der Waals surface area contributed by atoms with Crippen LogP contribution in [0, 0.1) is 34.5 Å². The minimum Gasteiger partial charge on any atom is -0.327 e. The Kier molecular flexibility index (Phi) is 7.04. The van der Waals surface area contributed by atoms with Crippen molar-refractivity contribution in [2.75, 3.05) is 0 Å². The van der Waals surface area contributed by atoms with Gasteiger partial charge in [-0.15, -0.1) is 0 Å². The highest BCUT2D eigenvalue weighted by Crippen LogP contribution is 2.43. The standard InChI is InChI=1S/C23H46N2/c1-22(2,3)14-18-12-16(7-9-20(18)24)11-17-8-10-21(25)19(13-17)15-23(4,5)6/h16-21H,7-15,24-25H2,1-6H3. The fourth-order valence-electron chi connectivity index (χ4n) is 5.71. The number of hydrogen-bond donors (Lipinski definition) is 2. The molecule has 2 saturated carbocycles. The minimum absolute atomic E-state index is 0.402. The monoisotopic (exact) mass is 350 g/mol. The molecule has 2 heteroatoms. The van der Waals surface area contributed by atoms with Crippen LogP contribution in [0.15, 0.2) is 0 Å². The molecule has 6 unspecified atom stereocenters. The first-order valence-corrected chi connectivity index (χ1v) is 10.9. The molecule has 0 heterocycles. The molecule has 0 saturated heterocycles. The molecule has 0 radical (unpaired) electrons. The van der Waals surface area contributed by atoms with Crippen LogP contribution >= 0.6 is 0 Å². The largest absolute Gasteiger partial charge is 0.327 e. The van der Waals surface area contributed by atoms with E-state index in [2.05, 4.69) is 41.5 Å². The third kappa shape index (κ3) is 7.21. The van der Waals surface area contributed by atoms with Gasteiger partial charge in [-0.05, 0) is 92.3 Å². The maximum absolute atomic E-state index is 6.47. The smallest absolute Gasteiger partial charge is 0.00675 e. The molecule has 0 bridgehead atoms. The molecule has 0 aromatic carbocycles. The lowest BCUT2D eigenvalue weighted by atomic mass is 9.66. The van der Waals surface area contributed by atoms with Crippen LogP contribution in [0.25, 0.3) is 0 Å². The Morgan fingerprint density at radius 3 is 1.32 bits per heavy atom. The Balaban J connectivity index is 1.88. The van der Waals surface area contributed by atoms with Crippen LogP contribution in [0.4, 0.5) is 0 Å². The lowest BCUT2D eigenvalue weighted by Gasteiger charge is -2.41. The van der Waals surface area contributed by atoms with E-state index in [-0.39, 0.29) is 0 Å². The Morgan fingerprint density at radius 2 is 1.00 bits per heavy atom. The molecule has 25 heavy (non-hydrogen) atoms. The van der Waals surface area contributed by atoms with Crippen LogP contribution in [0.5, 0.6) is 0 Å². The maximum atomic E-state index is 6.47. The lowest BCUT2D eigenvalue weighted by Crippen LogP contribution is -2.40. The summed E-state index contributed by atoms with van der Waals surface area (Å²) in [6.45, 7) is 14.2. The molecule has 0 amide bonds. The molecule has 0 aromatic heterocycles. The molecule has 4 N–H and O–H groups in total. The molecular weight excluding hydrogens is 304 g/mol. The zero-order valence-electron chi connectivity index (χ0n) is 18.0. The van der Waals surface area contributed by atoms with Gasteiger partial charge in [-0.1, -0.05) is 41.5 Å². The van der Waals surface area contributed by atoms with Crippen molar-refractivity contribution < 1.29 is 0 Å². The summed E-state index contributed by atoms with van der Waals surface area (Å²) in [6.07, 6.45) is 11.9. The van der Waals surface area contributed by atoms with Crippen molar-refractivity contribution in [2.24, 2.45) is 46.0 Å².